The largest absolute Gasteiger partial charge is 0.478 e. The van der Waals surface area contributed by atoms with E-state index in [1.54, 1.807) is 0 Å². The van der Waals surface area contributed by atoms with Crippen molar-refractivity contribution >= 4 is 11.9 Å². The summed E-state index contributed by atoms with van der Waals surface area (Å²) in [6, 6.07) is 0. The summed E-state index contributed by atoms with van der Waals surface area (Å²) in [6.07, 6.45) is 1.20. The standard InChI is InChI=1S/C5H9NO2.C3H4O2/c1-4(2-3-6)5(7)8;1-2-3(4)5/h1-3,6H2,(H,7,8);2H,1H2,(H,4,5). The number of rotatable bonds is 4. The van der Waals surface area contributed by atoms with E-state index in [1.807, 2.05) is 0 Å². The van der Waals surface area contributed by atoms with Crippen LogP contribution in [0.1, 0.15) is 6.42 Å². The zero-order valence-electron chi connectivity index (χ0n) is 7.19. The maximum Gasteiger partial charge on any atom is 0.330 e. The molecular weight excluding hydrogens is 174 g/mol. The number of nitrogens with two attached hydrogens (primary N) is 1. The lowest BCUT2D eigenvalue weighted by Gasteiger charge is -1.92. The number of carbonyl (C=O) groups is 2. The highest BCUT2D eigenvalue weighted by Gasteiger charge is 1.99. The molecule has 5 heteroatoms. The van der Waals surface area contributed by atoms with Crippen LogP contribution >= 0.6 is 0 Å². The molecule has 0 fully saturated rings. The second kappa shape index (κ2) is 8.48. The Morgan fingerprint density at radius 3 is 1.85 bits per heavy atom. The van der Waals surface area contributed by atoms with Crippen molar-refractivity contribution in [3.63, 3.8) is 0 Å². The van der Waals surface area contributed by atoms with E-state index in [1.165, 1.54) is 0 Å². The molecule has 0 aliphatic carbocycles. The molecule has 0 saturated heterocycles. The molecule has 0 bridgehead atoms. The molecule has 13 heavy (non-hydrogen) atoms. The quantitative estimate of drug-likeness (QED) is 0.547. The van der Waals surface area contributed by atoms with Gasteiger partial charge in [-0.05, 0) is 13.0 Å². The third-order valence-electron chi connectivity index (χ3n) is 0.923. The Kier molecular flexibility index (Phi) is 9.09. The average Bonchev–Trinajstić information content (AvgIpc) is 2.06. The summed E-state index contributed by atoms with van der Waals surface area (Å²) in [5, 5.41) is 15.8. The summed E-state index contributed by atoms with van der Waals surface area (Å²) in [5.41, 5.74) is 5.22. The zero-order valence-corrected chi connectivity index (χ0v) is 7.19. The van der Waals surface area contributed by atoms with Gasteiger partial charge in [-0.25, -0.2) is 9.59 Å². The molecule has 0 aliphatic heterocycles. The fourth-order valence-corrected chi connectivity index (χ4v) is 0.281. The molecule has 0 amide bonds. The van der Waals surface area contributed by atoms with Crippen molar-refractivity contribution in [3.05, 3.63) is 24.8 Å². The Bertz CT molecular complexity index is 210. The summed E-state index contributed by atoms with van der Waals surface area (Å²) < 4.78 is 0. The number of carboxylic acid groups (broad SMARTS) is 2. The van der Waals surface area contributed by atoms with Gasteiger partial charge in [-0.3, -0.25) is 0 Å². The lowest BCUT2D eigenvalue weighted by Crippen LogP contribution is -2.06. The summed E-state index contributed by atoms with van der Waals surface area (Å²) in [5.74, 6) is -1.94. The predicted molar refractivity (Wildman–Crippen MR) is 48.3 cm³/mol. The lowest BCUT2D eigenvalue weighted by atomic mass is 10.2. The monoisotopic (exact) mass is 187 g/mol. The first kappa shape index (κ1) is 13.9. The molecule has 0 spiro atoms. The smallest absolute Gasteiger partial charge is 0.330 e. The van der Waals surface area contributed by atoms with Crippen LogP contribution < -0.4 is 5.73 Å². The van der Waals surface area contributed by atoms with Gasteiger partial charge in [-0.1, -0.05) is 13.2 Å². The number of hydrogen-bond donors (Lipinski definition) is 3. The van der Waals surface area contributed by atoms with E-state index in [0.29, 0.717) is 13.0 Å². The lowest BCUT2D eigenvalue weighted by molar-refractivity contribution is -0.133. The van der Waals surface area contributed by atoms with E-state index in [4.69, 9.17) is 15.9 Å². The summed E-state index contributed by atoms with van der Waals surface area (Å²) >= 11 is 0. The van der Waals surface area contributed by atoms with E-state index < -0.39 is 11.9 Å². The van der Waals surface area contributed by atoms with Gasteiger partial charge in [0.1, 0.15) is 0 Å². The maximum absolute atomic E-state index is 9.93. The SMILES string of the molecule is C=C(CCN)C(=O)O.C=CC(=O)O. The van der Waals surface area contributed by atoms with E-state index in [-0.39, 0.29) is 5.57 Å². The first-order valence-corrected chi connectivity index (χ1v) is 3.42. The van der Waals surface area contributed by atoms with Crippen LogP contribution in [0.2, 0.25) is 0 Å². The van der Waals surface area contributed by atoms with Gasteiger partial charge in [0.05, 0.1) is 0 Å². The molecule has 4 N–H and O–H groups in total. The zero-order chi connectivity index (χ0) is 10.9. The Morgan fingerprint density at radius 2 is 1.77 bits per heavy atom. The second-order valence-electron chi connectivity index (χ2n) is 1.99. The number of hydrogen-bond acceptors (Lipinski definition) is 3. The van der Waals surface area contributed by atoms with Crippen LogP contribution in [0.5, 0.6) is 0 Å². The van der Waals surface area contributed by atoms with E-state index in [9.17, 15) is 9.59 Å². The molecule has 74 valence electrons. The normalized spacial score (nSPS) is 7.77. The van der Waals surface area contributed by atoms with Crippen LogP contribution in [-0.4, -0.2) is 28.7 Å². The summed E-state index contributed by atoms with van der Waals surface area (Å²) in [4.78, 5) is 19.2. The van der Waals surface area contributed by atoms with E-state index in [0.717, 1.165) is 6.08 Å². The van der Waals surface area contributed by atoms with Gasteiger partial charge in [0.2, 0.25) is 0 Å². The second-order valence-corrected chi connectivity index (χ2v) is 1.99. The number of carboxylic acids is 2. The van der Waals surface area contributed by atoms with Crippen molar-refractivity contribution < 1.29 is 19.8 Å². The van der Waals surface area contributed by atoms with Crippen molar-refractivity contribution in [2.24, 2.45) is 5.73 Å². The van der Waals surface area contributed by atoms with Crippen LogP contribution in [-0.2, 0) is 9.59 Å². The Labute approximate surface area is 76.2 Å². The van der Waals surface area contributed by atoms with Crippen molar-refractivity contribution in [3.8, 4) is 0 Å². The van der Waals surface area contributed by atoms with E-state index >= 15 is 0 Å². The van der Waals surface area contributed by atoms with Gasteiger partial charge in [0.15, 0.2) is 0 Å². The van der Waals surface area contributed by atoms with Crippen molar-refractivity contribution in [2.45, 2.75) is 6.42 Å². The molecule has 5 nitrogen and oxygen atoms in total. The average molecular weight is 187 g/mol. The fraction of sp³-hybridized carbons (Fsp3) is 0.250. The van der Waals surface area contributed by atoms with Crippen LogP contribution in [0, 0.1) is 0 Å². The van der Waals surface area contributed by atoms with Crippen molar-refractivity contribution in [1.29, 1.82) is 0 Å². The highest BCUT2D eigenvalue weighted by atomic mass is 16.4. The minimum absolute atomic E-state index is 0.174. The molecule has 0 saturated carbocycles. The predicted octanol–water partition coefficient (Wildman–Crippen LogP) is 0.233. The third-order valence-corrected chi connectivity index (χ3v) is 0.923. The van der Waals surface area contributed by atoms with Gasteiger partial charge in [-0.2, -0.15) is 0 Å². The molecule has 0 aromatic rings. The highest BCUT2D eigenvalue weighted by Crippen LogP contribution is 1.93. The topological polar surface area (TPSA) is 101 Å². The minimum atomic E-state index is -0.981. The Hall–Kier alpha value is -1.62. The molecule has 0 radical (unpaired) electrons. The van der Waals surface area contributed by atoms with Crippen LogP contribution in [0.4, 0.5) is 0 Å². The maximum atomic E-state index is 9.93. The van der Waals surface area contributed by atoms with Crippen molar-refractivity contribution in [2.75, 3.05) is 6.54 Å². The molecule has 0 heterocycles. The Morgan fingerprint density at radius 1 is 1.38 bits per heavy atom. The van der Waals surface area contributed by atoms with Gasteiger partial charge < -0.3 is 15.9 Å². The van der Waals surface area contributed by atoms with Gasteiger partial charge in [0, 0.05) is 11.6 Å². The highest BCUT2D eigenvalue weighted by molar-refractivity contribution is 5.85. The van der Waals surface area contributed by atoms with E-state index in [2.05, 4.69) is 13.2 Å². The molecule has 0 rings (SSSR count). The van der Waals surface area contributed by atoms with Crippen LogP contribution in [0.15, 0.2) is 24.8 Å². The first-order chi connectivity index (χ1) is 5.95. The van der Waals surface area contributed by atoms with Crippen molar-refractivity contribution in [1.82, 2.24) is 0 Å². The first-order valence-electron chi connectivity index (χ1n) is 3.42. The molecular formula is C8H13NO4. The molecule has 0 aromatic heterocycles. The van der Waals surface area contributed by atoms with Gasteiger partial charge in [-0.15, -0.1) is 0 Å². The molecule has 0 aliphatic rings. The fourth-order valence-electron chi connectivity index (χ4n) is 0.281. The molecule has 0 atom stereocenters. The molecule has 0 unspecified atom stereocenters. The van der Waals surface area contributed by atoms with Crippen LogP contribution in [0.3, 0.4) is 0 Å². The number of aliphatic carboxylic acids is 2. The summed E-state index contributed by atoms with van der Waals surface area (Å²) in [7, 11) is 0. The van der Waals surface area contributed by atoms with Crippen LogP contribution in [0.25, 0.3) is 0 Å². The van der Waals surface area contributed by atoms with Gasteiger partial charge in [0.25, 0.3) is 0 Å². The Balaban J connectivity index is 0. The van der Waals surface area contributed by atoms with Gasteiger partial charge >= 0.3 is 11.9 Å². The summed E-state index contributed by atoms with van der Waals surface area (Å²) in [6.45, 7) is 6.58. The third kappa shape index (κ3) is 13.4. The minimum Gasteiger partial charge on any atom is -0.478 e. The molecule has 0 aromatic carbocycles.